The molecule has 1 aromatic carbocycles. The number of hydrogen-bond donors (Lipinski definition) is 1. The third-order valence-corrected chi connectivity index (χ3v) is 4.25. The van der Waals surface area contributed by atoms with Gasteiger partial charge in [-0.15, -0.1) is 0 Å². The first-order valence-corrected chi connectivity index (χ1v) is 8.46. The molecule has 0 spiro atoms. The summed E-state index contributed by atoms with van der Waals surface area (Å²) >= 11 is 0. The van der Waals surface area contributed by atoms with E-state index in [4.69, 9.17) is 0 Å². The molecule has 3 rings (SSSR count). The maximum absolute atomic E-state index is 12.3. The lowest BCUT2D eigenvalue weighted by Gasteiger charge is -2.25. The Morgan fingerprint density at radius 2 is 1.78 bits per heavy atom. The number of nitrogens with zero attached hydrogens (tertiary/aromatic N) is 1. The second-order valence-electron chi connectivity index (χ2n) is 6.77. The second-order valence-corrected chi connectivity index (χ2v) is 6.77. The number of benzene rings is 1. The minimum absolute atomic E-state index is 0.0150. The lowest BCUT2D eigenvalue weighted by Crippen LogP contribution is -2.37. The highest BCUT2D eigenvalue weighted by atomic mass is 16.2. The molecule has 0 atom stereocenters. The number of nitrogens with one attached hydrogen (secondary N) is 1. The van der Waals surface area contributed by atoms with Crippen LogP contribution in [0.1, 0.15) is 55.5 Å². The van der Waals surface area contributed by atoms with Crippen molar-refractivity contribution in [3.05, 3.63) is 41.5 Å². The SMILES string of the molecule is CC(C)N(C(=O)/C=C/c1ccc(C(=O)NC2CC2)cc1)C1CC1. The summed E-state index contributed by atoms with van der Waals surface area (Å²) in [5.41, 5.74) is 1.60. The van der Waals surface area contributed by atoms with E-state index in [1.807, 2.05) is 35.2 Å². The second kappa shape index (κ2) is 6.57. The van der Waals surface area contributed by atoms with Crippen LogP contribution in [-0.2, 0) is 4.79 Å². The van der Waals surface area contributed by atoms with Crippen LogP contribution < -0.4 is 5.32 Å². The van der Waals surface area contributed by atoms with Gasteiger partial charge in [-0.2, -0.15) is 0 Å². The van der Waals surface area contributed by atoms with Crippen LogP contribution in [0.5, 0.6) is 0 Å². The Labute approximate surface area is 137 Å². The first-order chi connectivity index (χ1) is 11.0. The van der Waals surface area contributed by atoms with Crippen molar-refractivity contribution < 1.29 is 9.59 Å². The van der Waals surface area contributed by atoms with Crippen LogP contribution >= 0.6 is 0 Å². The van der Waals surface area contributed by atoms with Crippen LogP contribution in [0.3, 0.4) is 0 Å². The summed E-state index contributed by atoms with van der Waals surface area (Å²) in [4.78, 5) is 26.2. The van der Waals surface area contributed by atoms with Crippen LogP contribution in [0.2, 0.25) is 0 Å². The first kappa shape index (κ1) is 15.8. The number of carbonyl (C=O) groups is 2. The van der Waals surface area contributed by atoms with E-state index in [1.165, 1.54) is 0 Å². The minimum atomic E-state index is -0.0150. The Morgan fingerprint density at radius 3 is 2.30 bits per heavy atom. The van der Waals surface area contributed by atoms with E-state index in [0.717, 1.165) is 31.2 Å². The minimum Gasteiger partial charge on any atom is -0.349 e. The van der Waals surface area contributed by atoms with Crippen LogP contribution in [-0.4, -0.2) is 34.8 Å². The molecule has 2 amide bonds. The average molecular weight is 312 g/mol. The molecule has 0 heterocycles. The van der Waals surface area contributed by atoms with Gasteiger partial charge in [0.15, 0.2) is 0 Å². The Hall–Kier alpha value is -2.10. The van der Waals surface area contributed by atoms with E-state index in [2.05, 4.69) is 19.2 Å². The molecule has 4 nitrogen and oxygen atoms in total. The zero-order valence-electron chi connectivity index (χ0n) is 13.8. The highest BCUT2D eigenvalue weighted by Gasteiger charge is 2.33. The van der Waals surface area contributed by atoms with Gasteiger partial charge in [-0.25, -0.2) is 0 Å². The molecule has 0 bridgehead atoms. The Balaban J connectivity index is 1.60. The predicted molar refractivity (Wildman–Crippen MR) is 91.0 cm³/mol. The summed E-state index contributed by atoms with van der Waals surface area (Å²) in [6, 6.07) is 8.38. The molecule has 4 heteroatoms. The zero-order valence-corrected chi connectivity index (χ0v) is 13.8. The van der Waals surface area contributed by atoms with E-state index in [1.54, 1.807) is 6.08 Å². The third-order valence-electron chi connectivity index (χ3n) is 4.25. The Bertz CT molecular complexity index is 609. The summed E-state index contributed by atoms with van der Waals surface area (Å²) in [6.45, 7) is 4.11. The summed E-state index contributed by atoms with van der Waals surface area (Å²) in [6.07, 6.45) is 7.86. The topological polar surface area (TPSA) is 49.4 Å². The van der Waals surface area contributed by atoms with Crippen molar-refractivity contribution in [2.45, 2.75) is 57.7 Å². The van der Waals surface area contributed by atoms with Crippen molar-refractivity contribution in [1.29, 1.82) is 0 Å². The van der Waals surface area contributed by atoms with Crippen LogP contribution in [0, 0.1) is 0 Å². The van der Waals surface area contributed by atoms with Crippen LogP contribution in [0.15, 0.2) is 30.3 Å². The average Bonchev–Trinajstić information content (AvgIpc) is 3.41. The molecule has 0 unspecified atom stereocenters. The van der Waals surface area contributed by atoms with E-state index in [-0.39, 0.29) is 17.9 Å². The maximum Gasteiger partial charge on any atom is 0.251 e. The fourth-order valence-electron chi connectivity index (χ4n) is 2.70. The predicted octanol–water partition coefficient (Wildman–Crippen LogP) is 2.99. The van der Waals surface area contributed by atoms with Crippen molar-refractivity contribution >= 4 is 17.9 Å². The van der Waals surface area contributed by atoms with Crippen molar-refractivity contribution in [1.82, 2.24) is 10.2 Å². The molecule has 0 aliphatic heterocycles. The van der Waals surface area contributed by atoms with Gasteiger partial charge in [0.25, 0.3) is 5.91 Å². The van der Waals surface area contributed by atoms with Gasteiger partial charge >= 0.3 is 0 Å². The molecule has 2 fully saturated rings. The van der Waals surface area contributed by atoms with E-state index < -0.39 is 0 Å². The Morgan fingerprint density at radius 1 is 1.13 bits per heavy atom. The summed E-state index contributed by atoms with van der Waals surface area (Å²) in [7, 11) is 0. The molecule has 0 saturated heterocycles. The number of hydrogen-bond acceptors (Lipinski definition) is 2. The van der Waals surface area contributed by atoms with Gasteiger partial charge in [-0.3, -0.25) is 9.59 Å². The number of carbonyl (C=O) groups excluding carboxylic acids is 2. The number of amides is 2. The number of rotatable bonds is 6. The van der Waals surface area contributed by atoms with Gasteiger partial charge in [0.05, 0.1) is 0 Å². The van der Waals surface area contributed by atoms with Crippen LogP contribution in [0.25, 0.3) is 6.08 Å². The molecular weight excluding hydrogens is 288 g/mol. The summed E-state index contributed by atoms with van der Waals surface area (Å²) in [5.74, 6) is 0.0527. The van der Waals surface area contributed by atoms with E-state index in [0.29, 0.717) is 17.6 Å². The lowest BCUT2D eigenvalue weighted by atomic mass is 10.1. The summed E-state index contributed by atoms with van der Waals surface area (Å²) in [5, 5.41) is 2.97. The van der Waals surface area contributed by atoms with Gasteiger partial charge in [-0.05, 0) is 63.3 Å². The molecule has 1 aromatic rings. The first-order valence-electron chi connectivity index (χ1n) is 8.46. The third kappa shape index (κ3) is 4.21. The molecule has 2 aliphatic carbocycles. The molecule has 0 aromatic heterocycles. The quantitative estimate of drug-likeness (QED) is 0.821. The van der Waals surface area contributed by atoms with Crippen molar-refractivity contribution in [2.75, 3.05) is 0 Å². The standard InChI is InChI=1S/C19H24N2O2/c1-13(2)21(17-10-11-17)18(22)12-5-14-3-6-15(7-4-14)19(23)20-16-8-9-16/h3-7,12-13,16-17H,8-11H2,1-2H3,(H,20,23)/b12-5+. The fourth-order valence-corrected chi connectivity index (χ4v) is 2.70. The normalized spacial score (nSPS) is 17.5. The van der Waals surface area contributed by atoms with E-state index in [9.17, 15) is 9.59 Å². The van der Waals surface area contributed by atoms with Crippen molar-refractivity contribution in [2.24, 2.45) is 0 Å². The zero-order chi connectivity index (χ0) is 16.4. The van der Waals surface area contributed by atoms with Gasteiger partial charge in [0.1, 0.15) is 0 Å². The summed E-state index contributed by atoms with van der Waals surface area (Å²) < 4.78 is 0. The molecular formula is C19H24N2O2. The molecule has 2 aliphatic rings. The Kier molecular flexibility index (Phi) is 4.51. The van der Waals surface area contributed by atoms with Gasteiger partial charge in [0, 0.05) is 29.8 Å². The molecule has 2 saturated carbocycles. The van der Waals surface area contributed by atoms with Gasteiger partial charge in [-0.1, -0.05) is 12.1 Å². The van der Waals surface area contributed by atoms with E-state index >= 15 is 0 Å². The fraction of sp³-hybridized carbons (Fsp3) is 0.474. The molecule has 0 radical (unpaired) electrons. The molecule has 122 valence electrons. The van der Waals surface area contributed by atoms with Gasteiger partial charge < -0.3 is 10.2 Å². The highest BCUT2D eigenvalue weighted by Crippen LogP contribution is 2.29. The largest absolute Gasteiger partial charge is 0.349 e. The molecule has 23 heavy (non-hydrogen) atoms. The monoisotopic (exact) mass is 312 g/mol. The smallest absolute Gasteiger partial charge is 0.251 e. The lowest BCUT2D eigenvalue weighted by molar-refractivity contribution is -0.128. The molecule has 1 N–H and O–H groups in total. The van der Waals surface area contributed by atoms with Crippen molar-refractivity contribution in [3.63, 3.8) is 0 Å². The van der Waals surface area contributed by atoms with Crippen molar-refractivity contribution in [3.8, 4) is 0 Å². The van der Waals surface area contributed by atoms with Gasteiger partial charge in [0.2, 0.25) is 5.91 Å². The maximum atomic E-state index is 12.3. The highest BCUT2D eigenvalue weighted by molar-refractivity contribution is 5.95. The van der Waals surface area contributed by atoms with Crippen LogP contribution in [0.4, 0.5) is 0 Å².